The molecule has 2 saturated carbocycles. The number of para-hydroxylation sites is 1. The van der Waals surface area contributed by atoms with Crippen LogP contribution in [-0.4, -0.2) is 24.6 Å². The van der Waals surface area contributed by atoms with Gasteiger partial charge in [0.15, 0.2) is 9.84 Å². The lowest BCUT2D eigenvalue weighted by Crippen LogP contribution is -1.97. The van der Waals surface area contributed by atoms with E-state index in [2.05, 4.69) is 9.97 Å². The molecule has 2 aromatic rings. The fourth-order valence-electron chi connectivity index (χ4n) is 3.88. The molecule has 2 atom stereocenters. The zero-order valence-electron chi connectivity index (χ0n) is 11.5. The van der Waals surface area contributed by atoms with E-state index >= 15 is 0 Å². The highest BCUT2D eigenvalue weighted by Crippen LogP contribution is 2.60. The lowest BCUT2D eigenvalue weighted by molar-refractivity contribution is 0.480. The van der Waals surface area contributed by atoms with Gasteiger partial charge in [0.25, 0.3) is 0 Å². The van der Waals surface area contributed by atoms with Gasteiger partial charge in [-0.15, -0.1) is 0 Å². The van der Waals surface area contributed by atoms with Crippen LogP contribution in [0.5, 0.6) is 0 Å². The predicted octanol–water partition coefficient (Wildman–Crippen LogP) is 2.87. The fraction of sp³-hybridized carbons (Fsp3) is 0.533. The van der Waals surface area contributed by atoms with E-state index < -0.39 is 9.84 Å². The summed E-state index contributed by atoms with van der Waals surface area (Å²) in [5, 5.41) is 0. The third-order valence-electron chi connectivity index (χ3n) is 4.87. The average molecular weight is 290 g/mol. The van der Waals surface area contributed by atoms with E-state index in [0.717, 1.165) is 23.2 Å². The quantitative estimate of drug-likeness (QED) is 0.925. The van der Waals surface area contributed by atoms with Gasteiger partial charge in [-0.2, -0.15) is 0 Å². The molecule has 0 amide bonds. The molecule has 2 unspecified atom stereocenters. The minimum absolute atomic E-state index is 0.334. The first kappa shape index (κ1) is 12.4. The van der Waals surface area contributed by atoms with Gasteiger partial charge in [-0.3, -0.25) is 0 Å². The largest absolute Gasteiger partial charge is 0.342 e. The fourth-order valence-corrected chi connectivity index (χ4v) is 4.71. The maximum Gasteiger partial charge on any atom is 0.177 e. The molecule has 2 fully saturated rings. The number of hydrogen-bond donors (Lipinski definition) is 1. The van der Waals surface area contributed by atoms with E-state index in [9.17, 15) is 8.42 Å². The van der Waals surface area contributed by atoms with Crippen LogP contribution in [0.3, 0.4) is 0 Å². The van der Waals surface area contributed by atoms with Crippen LogP contribution in [-0.2, 0) is 9.84 Å². The van der Waals surface area contributed by atoms with Crippen molar-refractivity contribution in [3.63, 3.8) is 0 Å². The minimum atomic E-state index is -3.23. The van der Waals surface area contributed by atoms with E-state index in [1.54, 1.807) is 12.1 Å². The molecule has 2 aliphatic carbocycles. The summed E-state index contributed by atoms with van der Waals surface area (Å²) in [5.74, 6) is 3.06. The Balaban J connectivity index is 1.80. The molecule has 4 nitrogen and oxygen atoms in total. The van der Waals surface area contributed by atoms with E-state index in [0.29, 0.717) is 16.3 Å². The smallest absolute Gasteiger partial charge is 0.177 e. The molecule has 0 radical (unpaired) electrons. The number of nitrogens with zero attached hydrogens (tertiary/aromatic N) is 1. The highest BCUT2D eigenvalue weighted by atomic mass is 32.2. The molecular weight excluding hydrogens is 272 g/mol. The molecule has 0 bridgehead atoms. The van der Waals surface area contributed by atoms with Crippen LogP contribution in [0.2, 0.25) is 0 Å². The van der Waals surface area contributed by atoms with E-state index in [1.807, 2.05) is 6.07 Å². The molecule has 20 heavy (non-hydrogen) atoms. The Morgan fingerprint density at radius 2 is 1.90 bits per heavy atom. The van der Waals surface area contributed by atoms with E-state index in [4.69, 9.17) is 0 Å². The summed E-state index contributed by atoms with van der Waals surface area (Å²) < 4.78 is 23.7. The summed E-state index contributed by atoms with van der Waals surface area (Å²) in [6.45, 7) is 0. The molecule has 4 rings (SSSR count). The van der Waals surface area contributed by atoms with Crippen LogP contribution < -0.4 is 0 Å². The highest BCUT2D eigenvalue weighted by Gasteiger charge is 2.52. The molecule has 0 spiro atoms. The van der Waals surface area contributed by atoms with Gasteiger partial charge in [-0.1, -0.05) is 18.9 Å². The van der Waals surface area contributed by atoms with Crippen LogP contribution in [0.25, 0.3) is 11.0 Å². The molecule has 1 aromatic heterocycles. The van der Waals surface area contributed by atoms with Crippen molar-refractivity contribution in [2.24, 2.45) is 11.8 Å². The average Bonchev–Trinajstić information content (AvgIpc) is 2.98. The van der Waals surface area contributed by atoms with E-state index in [1.165, 1.54) is 31.9 Å². The first-order valence-corrected chi connectivity index (χ1v) is 9.13. The molecule has 2 aliphatic rings. The van der Waals surface area contributed by atoms with Crippen molar-refractivity contribution in [1.82, 2.24) is 9.97 Å². The maximum absolute atomic E-state index is 11.8. The van der Waals surface area contributed by atoms with Crippen molar-refractivity contribution in [2.45, 2.75) is 36.5 Å². The summed E-state index contributed by atoms with van der Waals surface area (Å²) >= 11 is 0. The number of nitrogens with one attached hydrogen (secondary N) is 1. The van der Waals surface area contributed by atoms with Gasteiger partial charge in [0.05, 0.1) is 10.4 Å². The van der Waals surface area contributed by atoms with Crippen molar-refractivity contribution < 1.29 is 8.42 Å². The normalized spacial score (nSPS) is 29.4. The summed E-state index contributed by atoms with van der Waals surface area (Å²) in [7, 11) is -3.23. The Morgan fingerprint density at radius 3 is 2.55 bits per heavy atom. The molecular formula is C15H18N2O2S. The molecule has 0 aliphatic heterocycles. The van der Waals surface area contributed by atoms with Gasteiger partial charge >= 0.3 is 0 Å². The molecule has 1 N–H and O–H groups in total. The third kappa shape index (κ3) is 1.79. The van der Waals surface area contributed by atoms with Gasteiger partial charge < -0.3 is 4.98 Å². The van der Waals surface area contributed by atoms with Gasteiger partial charge in [-0.05, 0) is 36.8 Å². The van der Waals surface area contributed by atoms with Gasteiger partial charge in [0, 0.05) is 12.2 Å². The lowest BCUT2D eigenvalue weighted by atomic mass is 10.0. The number of aromatic nitrogens is 2. The van der Waals surface area contributed by atoms with Crippen LogP contribution in [0, 0.1) is 11.8 Å². The second-order valence-corrected chi connectivity index (χ2v) is 8.17. The van der Waals surface area contributed by atoms with Crippen molar-refractivity contribution in [1.29, 1.82) is 0 Å². The Kier molecular flexibility index (Phi) is 2.52. The summed E-state index contributed by atoms with van der Waals surface area (Å²) in [6.07, 6.45) is 6.49. The van der Waals surface area contributed by atoms with Gasteiger partial charge in [0.2, 0.25) is 0 Å². The molecule has 0 saturated heterocycles. The number of hydrogen-bond acceptors (Lipinski definition) is 3. The van der Waals surface area contributed by atoms with Gasteiger partial charge in [0.1, 0.15) is 11.3 Å². The summed E-state index contributed by atoms with van der Waals surface area (Å²) in [4.78, 5) is 8.32. The minimum Gasteiger partial charge on any atom is -0.342 e. The highest BCUT2D eigenvalue weighted by molar-refractivity contribution is 7.91. The predicted molar refractivity (Wildman–Crippen MR) is 77.4 cm³/mol. The lowest BCUT2D eigenvalue weighted by Gasteiger charge is -2.04. The van der Waals surface area contributed by atoms with E-state index in [-0.39, 0.29) is 0 Å². The standard InChI is InChI=1S/C15H18N2O2S/c1-20(18,19)12-8-4-7-11-14(12)17-15(16-11)13-9-5-2-3-6-10(9)13/h4,7-10,13H,2-3,5-6H2,1H3,(H,16,17). The third-order valence-corrected chi connectivity index (χ3v) is 5.99. The van der Waals surface area contributed by atoms with Crippen LogP contribution in [0.15, 0.2) is 23.1 Å². The first-order chi connectivity index (χ1) is 9.55. The Hall–Kier alpha value is -1.36. The first-order valence-electron chi connectivity index (χ1n) is 7.24. The number of fused-ring (bicyclic) bond motifs is 2. The van der Waals surface area contributed by atoms with Crippen LogP contribution >= 0.6 is 0 Å². The maximum atomic E-state index is 11.8. The van der Waals surface area contributed by atoms with Crippen LogP contribution in [0.4, 0.5) is 0 Å². The Morgan fingerprint density at radius 1 is 1.20 bits per heavy atom. The van der Waals surface area contributed by atoms with Crippen molar-refractivity contribution in [2.75, 3.05) is 6.26 Å². The summed E-state index contributed by atoms with van der Waals surface area (Å²) in [6, 6.07) is 5.33. The number of sulfone groups is 1. The number of aromatic amines is 1. The number of benzene rings is 1. The Bertz CT molecular complexity index is 766. The Labute approximate surface area is 118 Å². The molecule has 1 aromatic carbocycles. The zero-order valence-corrected chi connectivity index (χ0v) is 12.3. The van der Waals surface area contributed by atoms with Gasteiger partial charge in [-0.25, -0.2) is 13.4 Å². The summed E-state index contributed by atoms with van der Waals surface area (Å²) in [5.41, 5.74) is 1.44. The number of imidazole rings is 1. The molecule has 5 heteroatoms. The number of H-pyrrole nitrogens is 1. The van der Waals surface area contributed by atoms with Crippen molar-refractivity contribution in [3.05, 3.63) is 24.0 Å². The second kappa shape index (κ2) is 4.07. The monoisotopic (exact) mass is 290 g/mol. The second-order valence-electron chi connectivity index (χ2n) is 6.18. The SMILES string of the molecule is CS(=O)(=O)c1cccc2[nH]c(C3C4CCCCC43)nc12. The topological polar surface area (TPSA) is 62.8 Å². The van der Waals surface area contributed by atoms with Crippen molar-refractivity contribution in [3.8, 4) is 0 Å². The zero-order chi connectivity index (χ0) is 13.9. The van der Waals surface area contributed by atoms with Crippen LogP contribution in [0.1, 0.15) is 37.4 Å². The van der Waals surface area contributed by atoms with Crippen molar-refractivity contribution >= 4 is 20.9 Å². The number of rotatable bonds is 2. The molecule has 1 heterocycles. The molecule has 106 valence electrons.